The molecular formula is C21H26BrF3. The molecule has 0 nitrogen and oxygen atoms in total. The average molecular weight is 415 g/mol. The van der Waals surface area contributed by atoms with Crippen LogP contribution in [0.15, 0.2) is 35.3 Å². The Hall–Kier alpha value is -0.770. The standard InChI is InChI=1S/C21H26BrF3/c22-14-13-15-1-3-16(4-2-15)17-5-7-18(8-6-17)19-9-11-20(12-10-19)21(23,24)25/h9-18H,1-8H2. The minimum atomic E-state index is -4.24. The van der Waals surface area contributed by atoms with Gasteiger partial charge in [0.05, 0.1) is 5.56 Å². The fraction of sp³-hybridized carbons (Fsp3) is 0.619. The van der Waals surface area contributed by atoms with E-state index in [4.69, 9.17) is 0 Å². The van der Waals surface area contributed by atoms with Crippen LogP contribution in [-0.2, 0) is 6.18 Å². The van der Waals surface area contributed by atoms with E-state index >= 15 is 0 Å². The lowest BCUT2D eigenvalue weighted by molar-refractivity contribution is -0.137. The number of alkyl halides is 3. The fourth-order valence-electron chi connectivity index (χ4n) is 4.78. The Balaban J connectivity index is 1.50. The summed E-state index contributed by atoms with van der Waals surface area (Å²) in [6.07, 6.45) is 8.00. The maximum Gasteiger partial charge on any atom is 0.416 e. The first-order valence-corrected chi connectivity index (χ1v) is 10.3. The summed E-state index contributed by atoms with van der Waals surface area (Å²) >= 11 is 3.38. The molecule has 1 aromatic carbocycles. The van der Waals surface area contributed by atoms with Gasteiger partial charge in [0.25, 0.3) is 0 Å². The van der Waals surface area contributed by atoms with Gasteiger partial charge in [0.1, 0.15) is 0 Å². The van der Waals surface area contributed by atoms with Crippen molar-refractivity contribution in [3.63, 3.8) is 0 Å². The van der Waals surface area contributed by atoms with Crippen molar-refractivity contribution >= 4 is 15.9 Å². The fourth-order valence-corrected chi connectivity index (χ4v) is 5.21. The first kappa shape index (κ1) is 19.0. The zero-order valence-electron chi connectivity index (χ0n) is 14.4. The van der Waals surface area contributed by atoms with Crippen molar-refractivity contribution in [2.24, 2.45) is 17.8 Å². The molecule has 0 spiro atoms. The van der Waals surface area contributed by atoms with Crippen molar-refractivity contribution in [2.75, 3.05) is 0 Å². The van der Waals surface area contributed by atoms with Crippen LogP contribution in [0.25, 0.3) is 0 Å². The van der Waals surface area contributed by atoms with E-state index in [9.17, 15) is 13.2 Å². The predicted octanol–water partition coefficient (Wildman–Crippen LogP) is 7.69. The Morgan fingerprint density at radius 2 is 1.32 bits per heavy atom. The van der Waals surface area contributed by atoms with Crippen molar-refractivity contribution in [1.82, 2.24) is 0 Å². The zero-order valence-corrected chi connectivity index (χ0v) is 16.0. The summed E-state index contributed by atoms with van der Waals surface area (Å²) in [4.78, 5) is 1.99. The van der Waals surface area contributed by atoms with Crippen molar-refractivity contribution in [2.45, 2.75) is 63.5 Å². The van der Waals surface area contributed by atoms with E-state index < -0.39 is 11.7 Å². The summed E-state index contributed by atoms with van der Waals surface area (Å²) in [5.41, 5.74) is 0.539. The van der Waals surface area contributed by atoms with Gasteiger partial charge in [-0.2, -0.15) is 13.2 Å². The summed E-state index contributed by atoms with van der Waals surface area (Å²) < 4.78 is 38.1. The minimum absolute atomic E-state index is 0.436. The SMILES string of the molecule is FC(F)(F)c1ccc(C2CCC(C3CCC(C=CBr)CC3)CC2)cc1. The number of hydrogen-bond acceptors (Lipinski definition) is 0. The van der Waals surface area contributed by atoms with E-state index in [0.717, 1.165) is 36.2 Å². The van der Waals surface area contributed by atoms with Gasteiger partial charge in [-0.3, -0.25) is 0 Å². The number of rotatable bonds is 3. The van der Waals surface area contributed by atoms with Gasteiger partial charge in [0.2, 0.25) is 0 Å². The van der Waals surface area contributed by atoms with Crippen LogP contribution in [-0.4, -0.2) is 0 Å². The molecule has 4 heteroatoms. The normalized spacial score (nSPS) is 31.4. The molecule has 138 valence electrons. The van der Waals surface area contributed by atoms with Gasteiger partial charge in [-0.1, -0.05) is 34.1 Å². The Morgan fingerprint density at radius 1 is 0.800 bits per heavy atom. The van der Waals surface area contributed by atoms with Gasteiger partial charge in [0.15, 0.2) is 0 Å². The van der Waals surface area contributed by atoms with Crippen molar-refractivity contribution in [3.8, 4) is 0 Å². The third-order valence-corrected chi connectivity index (χ3v) is 6.61. The molecule has 0 amide bonds. The summed E-state index contributed by atoms with van der Waals surface area (Å²) in [5.74, 6) is 2.85. The van der Waals surface area contributed by atoms with Gasteiger partial charge < -0.3 is 0 Å². The minimum Gasteiger partial charge on any atom is -0.166 e. The smallest absolute Gasteiger partial charge is 0.166 e. The van der Waals surface area contributed by atoms with Crippen LogP contribution in [0.2, 0.25) is 0 Å². The van der Waals surface area contributed by atoms with Crippen molar-refractivity contribution in [1.29, 1.82) is 0 Å². The molecule has 2 aliphatic rings. The summed E-state index contributed by atoms with van der Waals surface area (Å²) in [6.45, 7) is 0. The van der Waals surface area contributed by atoms with Gasteiger partial charge in [-0.25, -0.2) is 0 Å². The highest BCUT2D eigenvalue weighted by Gasteiger charge is 2.32. The van der Waals surface area contributed by atoms with Crippen LogP contribution < -0.4 is 0 Å². The van der Waals surface area contributed by atoms with Crippen LogP contribution in [0.1, 0.15) is 68.4 Å². The molecule has 2 saturated carbocycles. The van der Waals surface area contributed by atoms with E-state index in [1.165, 1.54) is 50.7 Å². The second-order valence-electron chi connectivity index (χ2n) is 7.72. The number of allylic oxidation sites excluding steroid dienone is 1. The quantitative estimate of drug-likeness (QED) is 0.475. The van der Waals surface area contributed by atoms with Crippen LogP contribution in [0, 0.1) is 17.8 Å². The highest BCUT2D eigenvalue weighted by molar-refractivity contribution is 9.11. The summed E-state index contributed by atoms with van der Waals surface area (Å²) in [5, 5.41) is 0. The summed E-state index contributed by atoms with van der Waals surface area (Å²) in [7, 11) is 0. The second kappa shape index (κ2) is 8.28. The van der Waals surface area contributed by atoms with Crippen LogP contribution in [0.5, 0.6) is 0 Å². The van der Waals surface area contributed by atoms with Gasteiger partial charge in [-0.05, 0) is 97.7 Å². The van der Waals surface area contributed by atoms with E-state index in [1.807, 2.05) is 4.99 Å². The molecular weight excluding hydrogens is 389 g/mol. The highest BCUT2D eigenvalue weighted by atomic mass is 79.9. The molecule has 0 bridgehead atoms. The molecule has 0 heterocycles. The maximum atomic E-state index is 12.7. The Labute approximate surface area is 157 Å². The lowest BCUT2D eigenvalue weighted by Crippen LogP contribution is -2.25. The lowest BCUT2D eigenvalue weighted by atomic mass is 9.68. The monoisotopic (exact) mass is 414 g/mol. The van der Waals surface area contributed by atoms with Crippen LogP contribution in [0.3, 0.4) is 0 Å². The molecule has 0 atom stereocenters. The third kappa shape index (κ3) is 4.90. The van der Waals surface area contributed by atoms with Crippen LogP contribution >= 0.6 is 15.9 Å². The van der Waals surface area contributed by atoms with Crippen LogP contribution in [0.4, 0.5) is 13.2 Å². The molecule has 0 N–H and O–H groups in total. The van der Waals surface area contributed by atoms with E-state index in [2.05, 4.69) is 22.0 Å². The molecule has 0 saturated heterocycles. The molecule has 2 aliphatic carbocycles. The molecule has 0 aromatic heterocycles. The van der Waals surface area contributed by atoms with E-state index in [-0.39, 0.29) is 0 Å². The van der Waals surface area contributed by atoms with Gasteiger partial charge >= 0.3 is 6.18 Å². The van der Waals surface area contributed by atoms with Crippen molar-refractivity contribution in [3.05, 3.63) is 46.5 Å². The largest absolute Gasteiger partial charge is 0.416 e. The van der Waals surface area contributed by atoms with E-state index in [0.29, 0.717) is 5.92 Å². The molecule has 0 radical (unpaired) electrons. The third-order valence-electron chi connectivity index (χ3n) is 6.31. The Kier molecular flexibility index (Phi) is 6.30. The van der Waals surface area contributed by atoms with Gasteiger partial charge in [0, 0.05) is 0 Å². The molecule has 25 heavy (non-hydrogen) atoms. The predicted molar refractivity (Wildman–Crippen MR) is 99.7 cm³/mol. The number of hydrogen-bond donors (Lipinski definition) is 0. The molecule has 3 rings (SSSR count). The number of halogens is 4. The number of benzene rings is 1. The topological polar surface area (TPSA) is 0 Å². The first-order chi connectivity index (χ1) is 12.0. The van der Waals surface area contributed by atoms with Gasteiger partial charge in [-0.15, -0.1) is 0 Å². The second-order valence-corrected chi connectivity index (χ2v) is 8.25. The molecule has 2 fully saturated rings. The van der Waals surface area contributed by atoms with Crippen molar-refractivity contribution < 1.29 is 13.2 Å². The Morgan fingerprint density at radius 3 is 1.80 bits per heavy atom. The zero-order chi connectivity index (χ0) is 17.9. The molecule has 1 aromatic rings. The maximum absolute atomic E-state index is 12.7. The molecule has 0 aliphatic heterocycles. The first-order valence-electron chi connectivity index (χ1n) is 9.41. The van der Waals surface area contributed by atoms with E-state index in [1.54, 1.807) is 12.1 Å². The average Bonchev–Trinajstić information content (AvgIpc) is 2.62. The molecule has 0 unspecified atom stereocenters. The lowest BCUT2D eigenvalue weighted by Gasteiger charge is -2.37. The summed E-state index contributed by atoms with van der Waals surface area (Å²) in [6, 6.07) is 5.84. The highest BCUT2D eigenvalue weighted by Crippen LogP contribution is 2.44. The Bertz CT molecular complexity index is 560.